The molecule has 1 saturated heterocycles. The van der Waals surface area contributed by atoms with Crippen molar-refractivity contribution >= 4 is 52.6 Å². The molecule has 11 heteroatoms. The Balaban J connectivity index is 1.69. The summed E-state index contributed by atoms with van der Waals surface area (Å²) < 4.78 is 16.6. The molecule has 0 radical (unpaired) electrons. The van der Waals surface area contributed by atoms with Crippen LogP contribution < -0.4 is 16.1 Å². The minimum atomic E-state index is -4.56. The van der Waals surface area contributed by atoms with Gasteiger partial charge < -0.3 is 24.8 Å². The number of nitrogens with two attached hydrogens (primary N) is 1. The highest BCUT2D eigenvalue weighted by Crippen LogP contribution is 2.38. The number of carbonyl (C=O) groups excluding carboxylic acids is 1. The number of rotatable bonds is 5. The van der Waals surface area contributed by atoms with Crippen LogP contribution >= 0.6 is 30.5 Å². The number of anilines is 2. The predicted molar refractivity (Wildman–Crippen MR) is 112 cm³/mol. The summed E-state index contributed by atoms with van der Waals surface area (Å²) >= 11 is 7.39. The normalized spacial score (nSPS) is 14.5. The van der Waals surface area contributed by atoms with Crippen molar-refractivity contribution in [1.29, 1.82) is 0 Å². The fourth-order valence-electron chi connectivity index (χ4n) is 3.26. The molecule has 0 saturated carbocycles. The Kier molecular flexibility index (Phi) is 5.27. The highest BCUT2D eigenvalue weighted by Gasteiger charge is 2.27. The monoisotopic (exact) mass is 453 g/mol. The molecule has 4 rings (SSSR count). The van der Waals surface area contributed by atoms with E-state index in [2.05, 4.69) is 9.88 Å². The van der Waals surface area contributed by atoms with Gasteiger partial charge in [-0.2, -0.15) is 0 Å². The minimum absolute atomic E-state index is 0.0550. The van der Waals surface area contributed by atoms with Crippen LogP contribution in [0.2, 0.25) is 5.02 Å². The van der Waals surface area contributed by atoms with Crippen molar-refractivity contribution in [3.63, 3.8) is 0 Å². The first-order valence-corrected chi connectivity index (χ1v) is 11.6. The SMILES string of the molecule is Nc1nc(-c2ccc(P(=O)(O)O)o2)c(C(=O)c2ccc(N3CCCC3)c(Cl)c2)s1. The van der Waals surface area contributed by atoms with Gasteiger partial charge in [0.25, 0.3) is 0 Å². The van der Waals surface area contributed by atoms with Crippen LogP contribution in [0.1, 0.15) is 28.1 Å². The number of carbonyl (C=O) groups is 1. The van der Waals surface area contributed by atoms with E-state index in [1.54, 1.807) is 12.1 Å². The molecule has 3 heterocycles. The smallest absolute Gasteiger partial charge is 0.391 e. The Labute approximate surface area is 175 Å². The second kappa shape index (κ2) is 7.59. The number of thiazole rings is 1. The van der Waals surface area contributed by atoms with Crippen LogP contribution in [0.5, 0.6) is 0 Å². The molecule has 29 heavy (non-hydrogen) atoms. The maximum Gasteiger partial charge on any atom is 0.391 e. The van der Waals surface area contributed by atoms with Crippen molar-refractivity contribution in [2.45, 2.75) is 12.8 Å². The van der Waals surface area contributed by atoms with Gasteiger partial charge in [0, 0.05) is 18.7 Å². The van der Waals surface area contributed by atoms with E-state index in [1.165, 1.54) is 6.07 Å². The minimum Gasteiger partial charge on any atom is -0.446 e. The molecular formula is C18H17ClN3O5PS. The number of furan rings is 1. The first-order valence-electron chi connectivity index (χ1n) is 8.76. The lowest BCUT2D eigenvalue weighted by Gasteiger charge is -2.19. The Morgan fingerprint density at radius 2 is 1.97 bits per heavy atom. The van der Waals surface area contributed by atoms with E-state index in [9.17, 15) is 19.1 Å². The standard InChI is InChI=1S/C18H17ClN3O5PS/c19-11-9-10(3-4-12(11)22-7-1-2-8-22)16(23)17-15(21-18(20)29-17)13-5-6-14(27-13)28(24,25)26/h3-6,9H,1-2,7-8H2,(H2,20,21)(H2,24,25,26). The van der Waals surface area contributed by atoms with Crippen molar-refractivity contribution in [1.82, 2.24) is 4.98 Å². The zero-order chi connectivity index (χ0) is 20.8. The van der Waals surface area contributed by atoms with Crippen LogP contribution in [0.4, 0.5) is 10.8 Å². The Hall–Kier alpha value is -2.16. The third-order valence-electron chi connectivity index (χ3n) is 4.62. The third kappa shape index (κ3) is 3.97. The molecule has 0 atom stereocenters. The highest BCUT2D eigenvalue weighted by atomic mass is 35.5. The van der Waals surface area contributed by atoms with Crippen LogP contribution in [0, 0.1) is 0 Å². The Morgan fingerprint density at radius 1 is 1.24 bits per heavy atom. The van der Waals surface area contributed by atoms with Gasteiger partial charge >= 0.3 is 7.60 Å². The number of nitrogen functional groups attached to an aromatic ring is 1. The molecule has 1 aromatic carbocycles. The largest absolute Gasteiger partial charge is 0.446 e. The average Bonchev–Trinajstić information content (AvgIpc) is 3.40. The lowest BCUT2D eigenvalue weighted by molar-refractivity contribution is 0.104. The Morgan fingerprint density at radius 3 is 2.59 bits per heavy atom. The number of ketones is 1. The molecule has 0 bridgehead atoms. The van der Waals surface area contributed by atoms with Crippen molar-refractivity contribution in [3.8, 4) is 11.5 Å². The summed E-state index contributed by atoms with van der Waals surface area (Å²) in [5.74, 6) is -0.294. The number of hydrogen-bond donors (Lipinski definition) is 3. The van der Waals surface area contributed by atoms with Crippen LogP contribution in [0.3, 0.4) is 0 Å². The summed E-state index contributed by atoms with van der Waals surface area (Å²) in [6.07, 6.45) is 2.22. The first kappa shape index (κ1) is 20.1. The second-order valence-electron chi connectivity index (χ2n) is 6.60. The molecule has 8 nitrogen and oxygen atoms in total. The van der Waals surface area contributed by atoms with Crippen molar-refractivity contribution < 1.29 is 23.6 Å². The number of hydrogen-bond acceptors (Lipinski definition) is 7. The fraction of sp³-hybridized carbons (Fsp3) is 0.222. The molecular weight excluding hydrogens is 437 g/mol. The van der Waals surface area contributed by atoms with Gasteiger partial charge in [0.2, 0.25) is 11.3 Å². The zero-order valence-electron chi connectivity index (χ0n) is 15.0. The molecule has 1 fully saturated rings. The molecule has 0 spiro atoms. The second-order valence-corrected chi connectivity index (χ2v) is 9.57. The van der Waals surface area contributed by atoms with E-state index in [-0.39, 0.29) is 27.2 Å². The van der Waals surface area contributed by atoms with Crippen LogP contribution in [0.25, 0.3) is 11.5 Å². The lowest BCUT2D eigenvalue weighted by atomic mass is 10.1. The van der Waals surface area contributed by atoms with Crippen LogP contribution in [0.15, 0.2) is 34.7 Å². The molecule has 1 aliphatic rings. The molecule has 0 amide bonds. The van der Waals surface area contributed by atoms with Gasteiger partial charge in [-0.05, 0) is 43.2 Å². The van der Waals surface area contributed by atoms with E-state index in [0.29, 0.717) is 10.6 Å². The van der Waals surface area contributed by atoms with Gasteiger partial charge in [0.15, 0.2) is 10.9 Å². The van der Waals surface area contributed by atoms with Gasteiger partial charge in [-0.25, -0.2) is 4.98 Å². The van der Waals surface area contributed by atoms with Crippen molar-refractivity contribution in [2.75, 3.05) is 23.7 Å². The summed E-state index contributed by atoms with van der Waals surface area (Å²) in [7, 11) is -4.56. The summed E-state index contributed by atoms with van der Waals surface area (Å²) in [6, 6.07) is 7.64. The topological polar surface area (TPSA) is 130 Å². The summed E-state index contributed by atoms with van der Waals surface area (Å²) in [5, 5.41) is 0.621. The average molecular weight is 454 g/mol. The maximum absolute atomic E-state index is 13.1. The molecule has 2 aromatic heterocycles. The summed E-state index contributed by atoms with van der Waals surface area (Å²) in [5.41, 5.74) is 6.68. The third-order valence-corrected chi connectivity index (χ3v) is 6.62. The van der Waals surface area contributed by atoms with E-state index >= 15 is 0 Å². The molecule has 0 aliphatic carbocycles. The van der Waals surface area contributed by atoms with Crippen LogP contribution in [-0.4, -0.2) is 33.6 Å². The molecule has 4 N–H and O–H groups in total. The van der Waals surface area contributed by atoms with E-state index in [1.807, 2.05) is 6.07 Å². The van der Waals surface area contributed by atoms with E-state index in [0.717, 1.165) is 49.0 Å². The van der Waals surface area contributed by atoms with Gasteiger partial charge in [0.05, 0.1) is 10.7 Å². The van der Waals surface area contributed by atoms with E-state index in [4.69, 9.17) is 21.8 Å². The first-order chi connectivity index (χ1) is 13.7. The molecule has 3 aromatic rings. The van der Waals surface area contributed by atoms with Crippen molar-refractivity contribution in [2.24, 2.45) is 0 Å². The maximum atomic E-state index is 13.1. The van der Waals surface area contributed by atoms with Crippen LogP contribution in [-0.2, 0) is 4.57 Å². The van der Waals surface area contributed by atoms with E-state index < -0.39 is 13.1 Å². The quantitative estimate of drug-likeness (QED) is 0.396. The van der Waals surface area contributed by atoms with Gasteiger partial charge in [-0.1, -0.05) is 22.9 Å². The summed E-state index contributed by atoms with van der Waals surface area (Å²) in [4.78, 5) is 38.1. The molecule has 152 valence electrons. The van der Waals surface area contributed by atoms with Gasteiger partial charge in [-0.3, -0.25) is 9.36 Å². The number of nitrogens with zero attached hydrogens (tertiary/aromatic N) is 2. The number of benzene rings is 1. The lowest BCUT2D eigenvalue weighted by Crippen LogP contribution is -2.18. The molecule has 0 unspecified atom stereocenters. The highest BCUT2D eigenvalue weighted by molar-refractivity contribution is 7.59. The number of aromatic nitrogens is 1. The van der Waals surface area contributed by atoms with Crippen molar-refractivity contribution in [3.05, 3.63) is 45.8 Å². The van der Waals surface area contributed by atoms with Gasteiger partial charge in [0.1, 0.15) is 10.6 Å². The fourth-order valence-corrected chi connectivity index (χ4v) is 4.85. The summed E-state index contributed by atoms with van der Waals surface area (Å²) in [6.45, 7) is 1.87. The molecule has 1 aliphatic heterocycles. The van der Waals surface area contributed by atoms with Gasteiger partial charge in [-0.15, -0.1) is 0 Å². The zero-order valence-corrected chi connectivity index (χ0v) is 17.5. The predicted octanol–water partition coefficient (Wildman–Crippen LogP) is 3.27. The number of halogens is 1. The Bertz CT molecular complexity index is 1130.